The predicted octanol–water partition coefficient (Wildman–Crippen LogP) is 3.91. The Morgan fingerprint density at radius 1 is 0.690 bits per heavy atom. The summed E-state index contributed by atoms with van der Waals surface area (Å²) in [6.07, 6.45) is -0.123. The van der Waals surface area contributed by atoms with Gasteiger partial charge in [0.15, 0.2) is 11.6 Å². The molecule has 0 aromatic heterocycles. The van der Waals surface area contributed by atoms with Gasteiger partial charge in [0.25, 0.3) is 0 Å². The number of carbonyl (C=O) groups excluding carboxylic acids is 2. The SMILES string of the molecule is CCN(CC(=O)CC(=O)CN(CC)C(=S)c1ccccc1)C(=S)c1ccccc1. The van der Waals surface area contributed by atoms with Crippen molar-refractivity contribution in [1.29, 1.82) is 0 Å². The molecule has 2 aromatic rings. The lowest BCUT2D eigenvalue weighted by atomic mass is 10.1. The van der Waals surface area contributed by atoms with Gasteiger partial charge in [-0.15, -0.1) is 0 Å². The van der Waals surface area contributed by atoms with Crippen molar-refractivity contribution in [2.24, 2.45) is 0 Å². The van der Waals surface area contributed by atoms with Crippen LogP contribution < -0.4 is 0 Å². The molecular formula is C23H26N2O2S2. The number of Topliss-reactive ketones (excluding diaryl/α,β-unsaturated/α-hetero) is 2. The summed E-state index contributed by atoms with van der Waals surface area (Å²) in [5.74, 6) is -0.284. The molecule has 0 N–H and O–H groups in total. The molecule has 0 amide bonds. The zero-order valence-electron chi connectivity index (χ0n) is 16.8. The summed E-state index contributed by atoms with van der Waals surface area (Å²) in [7, 11) is 0. The van der Waals surface area contributed by atoms with E-state index in [9.17, 15) is 9.59 Å². The molecule has 0 atom stereocenters. The molecule has 4 nitrogen and oxygen atoms in total. The Morgan fingerprint density at radius 2 is 1.03 bits per heavy atom. The molecule has 0 aliphatic carbocycles. The molecule has 2 rings (SSSR count). The van der Waals surface area contributed by atoms with Gasteiger partial charge in [-0.2, -0.15) is 0 Å². The fraction of sp³-hybridized carbons (Fsp3) is 0.304. The molecule has 0 saturated carbocycles. The second kappa shape index (κ2) is 11.5. The molecule has 0 spiro atoms. The maximum atomic E-state index is 12.5. The summed E-state index contributed by atoms with van der Waals surface area (Å²) in [4.78, 5) is 29.9. The van der Waals surface area contributed by atoms with E-state index in [1.165, 1.54) is 0 Å². The lowest BCUT2D eigenvalue weighted by Crippen LogP contribution is -2.38. The van der Waals surface area contributed by atoms with Crippen LogP contribution >= 0.6 is 24.4 Å². The van der Waals surface area contributed by atoms with Crippen molar-refractivity contribution in [3.8, 4) is 0 Å². The van der Waals surface area contributed by atoms with Crippen LogP contribution in [0, 0.1) is 0 Å². The second-order valence-corrected chi connectivity index (χ2v) is 7.40. The minimum Gasteiger partial charge on any atom is -0.355 e. The zero-order chi connectivity index (χ0) is 21.2. The third kappa shape index (κ3) is 6.84. The molecule has 152 valence electrons. The van der Waals surface area contributed by atoms with Crippen molar-refractivity contribution < 1.29 is 9.59 Å². The normalized spacial score (nSPS) is 10.3. The van der Waals surface area contributed by atoms with Gasteiger partial charge in [-0.05, 0) is 13.8 Å². The molecule has 29 heavy (non-hydrogen) atoms. The Balaban J connectivity index is 1.92. The molecule has 0 bridgehead atoms. The number of nitrogens with zero attached hydrogens (tertiary/aromatic N) is 2. The molecule has 6 heteroatoms. The number of ketones is 2. The Labute approximate surface area is 183 Å². The Kier molecular flexibility index (Phi) is 9.09. The van der Waals surface area contributed by atoms with Gasteiger partial charge in [0.1, 0.15) is 9.98 Å². The summed E-state index contributed by atoms with van der Waals surface area (Å²) in [6.45, 7) is 5.36. The lowest BCUT2D eigenvalue weighted by Gasteiger charge is -2.24. The third-order valence-corrected chi connectivity index (χ3v) is 5.50. The summed E-state index contributed by atoms with van der Waals surface area (Å²) in [6, 6.07) is 19.2. The fourth-order valence-corrected chi connectivity index (χ4v) is 3.60. The number of hydrogen-bond acceptors (Lipinski definition) is 4. The van der Waals surface area contributed by atoms with Crippen molar-refractivity contribution in [3.05, 3.63) is 71.8 Å². The number of hydrogen-bond donors (Lipinski definition) is 0. The van der Waals surface area contributed by atoms with E-state index in [2.05, 4.69) is 0 Å². The fourth-order valence-electron chi connectivity index (χ4n) is 2.94. The largest absolute Gasteiger partial charge is 0.355 e. The van der Waals surface area contributed by atoms with Crippen LogP contribution in [-0.4, -0.2) is 57.5 Å². The minimum absolute atomic E-state index is 0.123. The third-order valence-electron chi connectivity index (χ3n) is 4.51. The van der Waals surface area contributed by atoms with E-state index in [0.29, 0.717) is 23.1 Å². The molecule has 0 aliphatic rings. The quantitative estimate of drug-likeness (QED) is 0.424. The number of benzene rings is 2. The molecule has 0 fully saturated rings. The number of rotatable bonds is 10. The average molecular weight is 427 g/mol. The highest BCUT2D eigenvalue weighted by Gasteiger charge is 2.19. The smallest absolute Gasteiger partial charge is 0.159 e. The van der Waals surface area contributed by atoms with Gasteiger partial charge in [0, 0.05) is 24.2 Å². The molecule has 0 unspecified atom stereocenters. The van der Waals surface area contributed by atoms with Crippen LogP contribution in [0.3, 0.4) is 0 Å². The predicted molar refractivity (Wildman–Crippen MR) is 125 cm³/mol. The van der Waals surface area contributed by atoms with Crippen molar-refractivity contribution in [2.75, 3.05) is 26.2 Å². The van der Waals surface area contributed by atoms with Gasteiger partial charge >= 0.3 is 0 Å². The van der Waals surface area contributed by atoms with E-state index in [0.717, 1.165) is 11.1 Å². The summed E-state index contributed by atoms with van der Waals surface area (Å²) >= 11 is 11.0. The Bertz CT molecular complexity index is 782. The van der Waals surface area contributed by atoms with Gasteiger partial charge in [0.05, 0.1) is 19.5 Å². The van der Waals surface area contributed by atoms with Crippen molar-refractivity contribution in [3.63, 3.8) is 0 Å². The zero-order valence-corrected chi connectivity index (χ0v) is 18.5. The number of carbonyl (C=O) groups is 2. The van der Waals surface area contributed by atoms with Crippen molar-refractivity contribution in [2.45, 2.75) is 20.3 Å². The molecule has 0 radical (unpaired) electrons. The van der Waals surface area contributed by atoms with E-state index < -0.39 is 0 Å². The van der Waals surface area contributed by atoms with Crippen molar-refractivity contribution in [1.82, 2.24) is 9.80 Å². The van der Waals surface area contributed by atoms with Crippen LogP contribution in [0.5, 0.6) is 0 Å². The highest BCUT2D eigenvalue weighted by Crippen LogP contribution is 2.09. The van der Waals surface area contributed by atoms with Gasteiger partial charge in [-0.1, -0.05) is 85.1 Å². The highest BCUT2D eigenvalue weighted by atomic mass is 32.1. The molecule has 0 saturated heterocycles. The first-order valence-corrected chi connectivity index (χ1v) is 10.5. The average Bonchev–Trinajstić information content (AvgIpc) is 2.76. The van der Waals surface area contributed by atoms with Crippen molar-refractivity contribution >= 4 is 46.0 Å². The van der Waals surface area contributed by atoms with E-state index in [4.69, 9.17) is 24.4 Å². The Morgan fingerprint density at radius 3 is 1.34 bits per heavy atom. The maximum absolute atomic E-state index is 12.5. The maximum Gasteiger partial charge on any atom is 0.159 e. The van der Waals surface area contributed by atoms with E-state index in [1.807, 2.05) is 84.3 Å². The first kappa shape index (κ1) is 22.8. The first-order chi connectivity index (χ1) is 14.0. The Hall–Kier alpha value is -2.44. The summed E-state index contributed by atoms with van der Waals surface area (Å²) < 4.78 is 0. The van der Waals surface area contributed by atoms with Gasteiger partial charge < -0.3 is 9.80 Å². The van der Waals surface area contributed by atoms with E-state index >= 15 is 0 Å². The number of likely N-dealkylation sites (N-methyl/N-ethyl adjacent to an activating group) is 2. The van der Waals surface area contributed by atoms with Gasteiger partial charge in [-0.3, -0.25) is 9.59 Å². The van der Waals surface area contributed by atoms with Gasteiger partial charge in [-0.25, -0.2) is 0 Å². The van der Waals surface area contributed by atoms with Crippen LogP contribution in [0.4, 0.5) is 0 Å². The lowest BCUT2D eigenvalue weighted by molar-refractivity contribution is -0.127. The van der Waals surface area contributed by atoms with Crippen LogP contribution in [0.15, 0.2) is 60.7 Å². The van der Waals surface area contributed by atoms with Gasteiger partial charge in [0.2, 0.25) is 0 Å². The highest BCUT2D eigenvalue weighted by molar-refractivity contribution is 7.80. The molecular weight excluding hydrogens is 400 g/mol. The monoisotopic (exact) mass is 426 g/mol. The molecule has 2 aromatic carbocycles. The molecule has 0 heterocycles. The summed E-state index contributed by atoms with van der Waals surface area (Å²) in [5.41, 5.74) is 1.79. The molecule has 0 aliphatic heterocycles. The number of thiocarbonyl (C=S) groups is 2. The summed E-state index contributed by atoms with van der Waals surface area (Å²) in [5, 5.41) is 0. The first-order valence-electron chi connectivity index (χ1n) is 9.68. The minimum atomic E-state index is -0.142. The van der Waals surface area contributed by atoms with E-state index in [-0.39, 0.29) is 31.1 Å². The van der Waals surface area contributed by atoms with Crippen LogP contribution in [-0.2, 0) is 9.59 Å². The van der Waals surface area contributed by atoms with Crippen LogP contribution in [0.2, 0.25) is 0 Å². The topological polar surface area (TPSA) is 40.6 Å². The second-order valence-electron chi connectivity index (χ2n) is 6.62. The standard InChI is InChI=1S/C23H26N2O2S2/c1-3-24(22(28)18-11-7-5-8-12-18)16-20(26)15-21(27)17-25(4-2)23(29)19-13-9-6-10-14-19/h5-14H,3-4,15-17H2,1-2H3. The van der Waals surface area contributed by atoms with Crippen LogP contribution in [0.1, 0.15) is 31.4 Å². The van der Waals surface area contributed by atoms with E-state index in [1.54, 1.807) is 0 Å². The van der Waals surface area contributed by atoms with Crippen LogP contribution in [0.25, 0.3) is 0 Å².